The summed E-state index contributed by atoms with van der Waals surface area (Å²) in [6.45, 7) is 7.52. The number of aryl methyl sites for hydroxylation is 1. The first-order valence-corrected chi connectivity index (χ1v) is 9.97. The molecule has 1 aliphatic heterocycles. The molecule has 2 aromatic heterocycles. The number of aromatic nitrogens is 2. The Morgan fingerprint density at radius 1 is 1.15 bits per heavy atom. The lowest BCUT2D eigenvalue weighted by Crippen LogP contribution is -2.48. The lowest BCUT2D eigenvalue weighted by Gasteiger charge is -2.36. The number of anilines is 1. The first kappa shape index (κ1) is 17.7. The predicted octanol–water partition coefficient (Wildman–Crippen LogP) is 3.36. The molecule has 6 nitrogen and oxygen atoms in total. The molecular weight excluding hydrogens is 360 g/mol. The van der Waals surface area contributed by atoms with Crippen molar-refractivity contribution in [3.63, 3.8) is 0 Å². The highest BCUT2D eigenvalue weighted by atomic mass is 32.1. The second-order valence-electron chi connectivity index (χ2n) is 6.46. The minimum atomic E-state index is 0.0747. The first-order chi connectivity index (χ1) is 13.2. The Labute approximate surface area is 162 Å². The molecule has 0 bridgehead atoms. The number of amides is 1. The van der Waals surface area contributed by atoms with Gasteiger partial charge in [0.1, 0.15) is 11.2 Å². The molecule has 27 heavy (non-hydrogen) atoms. The molecular formula is C20H22N4O2S. The van der Waals surface area contributed by atoms with E-state index in [4.69, 9.17) is 4.74 Å². The Hall–Kier alpha value is -2.67. The normalized spacial score (nSPS) is 14.6. The molecule has 3 aromatic rings. The van der Waals surface area contributed by atoms with Gasteiger partial charge >= 0.3 is 0 Å². The topological polar surface area (TPSA) is 58.6 Å². The van der Waals surface area contributed by atoms with Crippen molar-refractivity contribution in [2.24, 2.45) is 0 Å². The Bertz CT molecular complexity index is 949. The molecule has 140 valence electrons. The fraction of sp³-hybridized carbons (Fsp3) is 0.350. The third-order valence-electron chi connectivity index (χ3n) is 4.86. The summed E-state index contributed by atoms with van der Waals surface area (Å²) in [7, 11) is 0. The number of hydrogen-bond donors (Lipinski definition) is 0. The third-order valence-corrected chi connectivity index (χ3v) is 6.04. The highest BCUT2D eigenvalue weighted by molar-refractivity contribution is 7.20. The third kappa shape index (κ3) is 3.35. The van der Waals surface area contributed by atoms with E-state index < -0.39 is 0 Å². The van der Waals surface area contributed by atoms with Crippen molar-refractivity contribution in [1.82, 2.24) is 14.9 Å². The average molecular weight is 382 g/mol. The van der Waals surface area contributed by atoms with Crippen molar-refractivity contribution in [2.45, 2.75) is 13.8 Å². The monoisotopic (exact) mass is 382 g/mol. The molecule has 1 saturated heterocycles. The van der Waals surface area contributed by atoms with Crippen LogP contribution in [0.3, 0.4) is 0 Å². The number of carbonyl (C=O) groups excluding carboxylic acids is 1. The first-order valence-electron chi connectivity index (χ1n) is 9.15. The van der Waals surface area contributed by atoms with Gasteiger partial charge in [0, 0.05) is 31.9 Å². The van der Waals surface area contributed by atoms with Crippen LogP contribution in [-0.4, -0.2) is 53.6 Å². The van der Waals surface area contributed by atoms with Crippen LogP contribution < -0.4 is 9.64 Å². The number of piperazine rings is 1. The van der Waals surface area contributed by atoms with Crippen LogP contribution in [0.15, 0.2) is 36.7 Å². The molecule has 7 heteroatoms. The molecule has 1 fully saturated rings. The molecule has 0 unspecified atom stereocenters. The van der Waals surface area contributed by atoms with E-state index in [2.05, 4.69) is 27.0 Å². The lowest BCUT2D eigenvalue weighted by molar-refractivity contribution is 0.0751. The van der Waals surface area contributed by atoms with Gasteiger partial charge in [-0.15, -0.1) is 11.3 Å². The second-order valence-corrected chi connectivity index (χ2v) is 7.46. The Morgan fingerprint density at radius 3 is 2.59 bits per heavy atom. The fourth-order valence-corrected chi connectivity index (χ4v) is 4.55. The lowest BCUT2D eigenvalue weighted by atomic mass is 10.2. The van der Waals surface area contributed by atoms with Crippen LogP contribution in [0.4, 0.5) is 5.69 Å². The minimum absolute atomic E-state index is 0.0747. The van der Waals surface area contributed by atoms with E-state index >= 15 is 0 Å². The van der Waals surface area contributed by atoms with Crippen molar-refractivity contribution in [2.75, 3.05) is 37.7 Å². The highest BCUT2D eigenvalue weighted by Gasteiger charge is 2.27. The summed E-state index contributed by atoms with van der Waals surface area (Å²) in [5.74, 6) is 0.634. The highest BCUT2D eigenvalue weighted by Crippen LogP contribution is 2.35. The van der Waals surface area contributed by atoms with Crippen molar-refractivity contribution in [1.29, 1.82) is 0 Å². The van der Waals surface area contributed by atoms with Gasteiger partial charge in [-0.2, -0.15) is 0 Å². The fourth-order valence-electron chi connectivity index (χ4n) is 3.44. The van der Waals surface area contributed by atoms with Crippen LogP contribution in [0, 0.1) is 6.92 Å². The summed E-state index contributed by atoms with van der Waals surface area (Å²) in [6.07, 6.45) is 1.50. The molecule has 1 amide bonds. The number of hydrogen-bond acceptors (Lipinski definition) is 6. The van der Waals surface area contributed by atoms with Crippen LogP contribution in [0.1, 0.15) is 22.2 Å². The van der Waals surface area contributed by atoms with E-state index in [1.165, 1.54) is 23.4 Å². The molecule has 1 aromatic carbocycles. The van der Waals surface area contributed by atoms with Crippen molar-refractivity contribution in [3.05, 3.63) is 47.1 Å². The largest absolute Gasteiger partial charge is 0.477 e. The van der Waals surface area contributed by atoms with Gasteiger partial charge in [-0.25, -0.2) is 9.97 Å². The number of carbonyl (C=O) groups is 1. The summed E-state index contributed by atoms with van der Waals surface area (Å²) in [5, 5.41) is 0.857. The van der Waals surface area contributed by atoms with Gasteiger partial charge in [0.15, 0.2) is 0 Å². The van der Waals surface area contributed by atoms with Gasteiger partial charge in [-0.05, 0) is 31.5 Å². The minimum Gasteiger partial charge on any atom is -0.477 e. The molecule has 0 atom stereocenters. The van der Waals surface area contributed by atoms with E-state index in [1.807, 2.05) is 36.9 Å². The number of ether oxygens (including phenoxy) is 1. The maximum Gasteiger partial charge on any atom is 0.264 e. The SMILES string of the molecule is CCOc1ncnc2sc(C(=O)N3CCN(c4ccccc4)CC3)c(C)c12. The van der Waals surface area contributed by atoms with E-state index in [-0.39, 0.29) is 5.91 Å². The van der Waals surface area contributed by atoms with Crippen LogP contribution >= 0.6 is 11.3 Å². The van der Waals surface area contributed by atoms with Crippen molar-refractivity contribution in [3.8, 4) is 5.88 Å². The molecule has 0 aliphatic carbocycles. The summed E-state index contributed by atoms with van der Waals surface area (Å²) in [6, 6.07) is 10.3. The Kier molecular flexibility index (Phi) is 4.94. The zero-order valence-corrected chi connectivity index (χ0v) is 16.3. The predicted molar refractivity (Wildman–Crippen MR) is 108 cm³/mol. The summed E-state index contributed by atoms with van der Waals surface area (Å²) < 4.78 is 5.63. The maximum absolute atomic E-state index is 13.1. The zero-order chi connectivity index (χ0) is 18.8. The van der Waals surface area contributed by atoms with Gasteiger partial charge in [0.25, 0.3) is 5.91 Å². The molecule has 3 heterocycles. The smallest absolute Gasteiger partial charge is 0.264 e. The van der Waals surface area contributed by atoms with E-state index in [9.17, 15) is 4.79 Å². The number of para-hydroxylation sites is 1. The Morgan fingerprint density at radius 2 is 1.89 bits per heavy atom. The van der Waals surface area contributed by atoms with Gasteiger partial charge in [-0.1, -0.05) is 18.2 Å². The van der Waals surface area contributed by atoms with E-state index in [1.54, 1.807) is 0 Å². The van der Waals surface area contributed by atoms with Gasteiger partial charge < -0.3 is 14.5 Å². The molecule has 0 radical (unpaired) electrons. The van der Waals surface area contributed by atoms with Gasteiger partial charge in [-0.3, -0.25) is 4.79 Å². The molecule has 0 N–H and O–H groups in total. The van der Waals surface area contributed by atoms with Gasteiger partial charge in [0.2, 0.25) is 5.88 Å². The molecule has 4 rings (SSSR count). The maximum atomic E-state index is 13.1. The van der Waals surface area contributed by atoms with Crippen molar-refractivity contribution < 1.29 is 9.53 Å². The number of nitrogens with zero attached hydrogens (tertiary/aromatic N) is 4. The van der Waals surface area contributed by atoms with Crippen molar-refractivity contribution >= 4 is 33.1 Å². The number of rotatable bonds is 4. The summed E-state index contributed by atoms with van der Waals surface area (Å²) in [5.41, 5.74) is 2.12. The van der Waals surface area contributed by atoms with Crippen LogP contribution in [0.25, 0.3) is 10.2 Å². The van der Waals surface area contributed by atoms with Crippen LogP contribution in [-0.2, 0) is 0 Å². The molecule has 0 spiro atoms. The molecule has 0 saturated carbocycles. The van der Waals surface area contributed by atoms with E-state index in [0.717, 1.165) is 33.7 Å². The average Bonchev–Trinajstić information content (AvgIpc) is 3.06. The molecule has 1 aliphatic rings. The van der Waals surface area contributed by atoms with Gasteiger partial charge in [0.05, 0.1) is 16.9 Å². The summed E-state index contributed by atoms with van der Waals surface area (Å²) >= 11 is 1.43. The summed E-state index contributed by atoms with van der Waals surface area (Å²) in [4.78, 5) is 27.5. The quantitative estimate of drug-likeness (QED) is 0.692. The van der Waals surface area contributed by atoms with Crippen LogP contribution in [0.5, 0.6) is 5.88 Å². The number of benzene rings is 1. The van der Waals surface area contributed by atoms with E-state index in [0.29, 0.717) is 25.6 Å². The zero-order valence-electron chi connectivity index (χ0n) is 15.5. The Balaban J connectivity index is 1.54. The standard InChI is InChI=1S/C20H22N4O2S/c1-3-26-18-16-14(2)17(27-19(16)22-13-21-18)20(25)24-11-9-23(10-12-24)15-7-5-4-6-8-15/h4-8,13H,3,9-12H2,1-2H3. The van der Waals surface area contributed by atoms with Crippen LogP contribution in [0.2, 0.25) is 0 Å². The second kappa shape index (κ2) is 7.52. The number of thiophene rings is 1. The number of fused-ring (bicyclic) bond motifs is 1.